The van der Waals surface area contributed by atoms with Crippen LogP contribution < -0.4 is 0 Å². The summed E-state index contributed by atoms with van der Waals surface area (Å²) in [6.45, 7) is 12.1. The molecule has 0 spiro atoms. The number of aliphatic hydroxyl groups excluding tert-OH is 1. The summed E-state index contributed by atoms with van der Waals surface area (Å²) in [6, 6.07) is 3.23. The monoisotopic (exact) mass is 388 g/mol. The lowest BCUT2D eigenvalue weighted by atomic mass is 9.67. The van der Waals surface area contributed by atoms with Crippen molar-refractivity contribution in [2.75, 3.05) is 0 Å². The number of benzene rings is 1. The Morgan fingerprint density at radius 1 is 1.11 bits per heavy atom. The smallest absolute Gasteiger partial charge is 0.183 e. The lowest BCUT2D eigenvalue weighted by molar-refractivity contribution is -0.145. The van der Waals surface area contributed by atoms with Gasteiger partial charge in [0.15, 0.2) is 17.3 Å². The van der Waals surface area contributed by atoms with Crippen molar-refractivity contribution in [3.63, 3.8) is 0 Å². The van der Waals surface area contributed by atoms with Gasteiger partial charge in [-0.25, -0.2) is 0 Å². The minimum atomic E-state index is -1.35. The summed E-state index contributed by atoms with van der Waals surface area (Å²) in [5.41, 5.74) is 2.17. The zero-order valence-corrected chi connectivity index (χ0v) is 17.5. The number of allylic oxidation sites excluding steroid dienone is 3. The predicted molar refractivity (Wildman–Crippen MR) is 108 cm³/mol. The highest BCUT2D eigenvalue weighted by Crippen LogP contribution is 2.39. The van der Waals surface area contributed by atoms with Gasteiger partial charge in [-0.05, 0) is 77.3 Å². The van der Waals surface area contributed by atoms with E-state index in [1.165, 1.54) is 20.8 Å². The number of hydrogen-bond acceptors (Lipinski definition) is 4. The van der Waals surface area contributed by atoms with Gasteiger partial charge >= 0.3 is 0 Å². The first kappa shape index (κ1) is 21.1. The summed E-state index contributed by atoms with van der Waals surface area (Å²) in [4.78, 5) is 37.8. The van der Waals surface area contributed by atoms with Gasteiger partial charge in [0.1, 0.15) is 11.3 Å². The fourth-order valence-corrected chi connectivity index (χ4v) is 3.76. The Hall–Kier alpha value is -2.20. The molecule has 4 nitrogen and oxygen atoms in total. The molecular formula is C22H25ClO4. The Labute approximate surface area is 164 Å². The number of hydrogen-bond donors (Lipinski definition) is 1. The molecule has 1 aliphatic carbocycles. The third kappa shape index (κ3) is 3.27. The van der Waals surface area contributed by atoms with Gasteiger partial charge in [-0.3, -0.25) is 14.4 Å². The highest BCUT2D eigenvalue weighted by molar-refractivity contribution is 6.39. The molecule has 2 rings (SSSR count). The van der Waals surface area contributed by atoms with Crippen LogP contribution in [0.2, 0.25) is 5.02 Å². The maximum atomic E-state index is 12.8. The van der Waals surface area contributed by atoms with Gasteiger partial charge in [-0.1, -0.05) is 17.2 Å². The zero-order chi connectivity index (χ0) is 20.8. The van der Waals surface area contributed by atoms with Crippen molar-refractivity contribution in [1.29, 1.82) is 0 Å². The molecule has 1 aliphatic rings. The molecule has 0 amide bonds. The van der Waals surface area contributed by atoms with Crippen LogP contribution in [0.25, 0.3) is 11.3 Å². The molecule has 27 heavy (non-hydrogen) atoms. The molecule has 1 aromatic carbocycles. The summed E-state index contributed by atoms with van der Waals surface area (Å²) in [7, 11) is 0. The topological polar surface area (TPSA) is 71.4 Å². The summed E-state index contributed by atoms with van der Waals surface area (Å²) in [5.74, 6) is -3.08. The van der Waals surface area contributed by atoms with Crippen molar-refractivity contribution in [3.05, 3.63) is 45.0 Å². The molecule has 5 heteroatoms. The molecule has 1 unspecified atom stereocenters. The number of aliphatic hydroxyl groups is 1. The first-order valence-electron chi connectivity index (χ1n) is 8.84. The number of rotatable bonds is 2. The number of halogens is 1. The lowest BCUT2D eigenvalue weighted by Crippen LogP contribution is -2.48. The Balaban J connectivity index is 2.80. The van der Waals surface area contributed by atoms with E-state index in [-0.39, 0.29) is 5.57 Å². The van der Waals surface area contributed by atoms with Gasteiger partial charge < -0.3 is 5.11 Å². The quantitative estimate of drug-likeness (QED) is 0.330. The van der Waals surface area contributed by atoms with Crippen LogP contribution in [0.5, 0.6) is 0 Å². The minimum absolute atomic E-state index is 0.307. The van der Waals surface area contributed by atoms with E-state index in [1.54, 1.807) is 19.1 Å². The fraction of sp³-hybridized carbons (Fsp3) is 0.409. The van der Waals surface area contributed by atoms with Crippen molar-refractivity contribution in [3.8, 4) is 0 Å². The average molecular weight is 389 g/mol. The van der Waals surface area contributed by atoms with Gasteiger partial charge in [0, 0.05) is 10.6 Å². The lowest BCUT2D eigenvalue weighted by Gasteiger charge is -2.31. The highest BCUT2D eigenvalue weighted by atomic mass is 35.5. The summed E-state index contributed by atoms with van der Waals surface area (Å²) in [5, 5.41) is 11.4. The van der Waals surface area contributed by atoms with Crippen molar-refractivity contribution < 1.29 is 19.5 Å². The van der Waals surface area contributed by atoms with Gasteiger partial charge in [0.25, 0.3) is 0 Å². The standard InChI is InChI=1S/C22H25ClO4/c1-10(2)11(3)16-12(4)14(8-9-15(16)23)19(25)17-18(24)13(5)20(26)22(6,7)21(17)27/h8-9,13,25H,1-7H3/b19-17+. The maximum Gasteiger partial charge on any atom is 0.183 e. The number of carbonyl (C=O) groups excluding carboxylic acids is 3. The van der Waals surface area contributed by atoms with E-state index in [0.717, 1.165) is 16.7 Å². The van der Waals surface area contributed by atoms with E-state index in [9.17, 15) is 19.5 Å². The molecule has 1 saturated carbocycles. The number of carbonyl (C=O) groups is 3. The molecule has 0 aliphatic heterocycles. The molecule has 0 saturated heterocycles. The Kier molecular flexibility index (Phi) is 5.53. The third-order valence-corrected chi connectivity index (χ3v) is 5.79. The van der Waals surface area contributed by atoms with Crippen LogP contribution in [0.1, 0.15) is 58.2 Å². The van der Waals surface area contributed by atoms with Crippen molar-refractivity contribution in [1.82, 2.24) is 0 Å². The molecule has 1 fully saturated rings. The minimum Gasteiger partial charge on any atom is -0.506 e. The summed E-state index contributed by atoms with van der Waals surface area (Å²) in [6.07, 6.45) is 0. The second-order valence-electron chi connectivity index (χ2n) is 7.85. The average Bonchev–Trinajstić information content (AvgIpc) is 2.58. The third-order valence-electron chi connectivity index (χ3n) is 5.47. The van der Waals surface area contributed by atoms with Crippen LogP contribution in [-0.4, -0.2) is 22.5 Å². The van der Waals surface area contributed by atoms with Crippen LogP contribution in [0.15, 0.2) is 23.3 Å². The van der Waals surface area contributed by atoms with E-state index in [1.807, 2.05) is 20.8 Å². The normalized spacial score (nSPS) is 21.3. The van der Waals surface area contributed by atoms with Crippen molar-refractivity contribution in [2.45, 2.75) is 48.5 Å². The van der Waals surface area contributed by atoms with Crippen molar-refractivity contribution >= 4 is 40.3 Å². The van der Waals surface area contributed by atoms with E-state index in [2.05, 4.69) is 0 Å². The van der Waals surface area contributed by atoms with Crippen molar-refractivity contribution in [2.24, 2.45) is 11.3 Å². The van der Waals surface area contributed by atoms with Crippen LogP contribution in [0.4, 0.5) is 0 Å². The van der Waals surface area contributed by atoms with Gasteiger partial charge in [-0.2, -0.15) is 0 Å². The molecule has 0 heterocycles. The van der Waals surface area contributed by atoms with E-state index < -0.39 is 34.4 Å². The first-order chi connectivity index (χ1) is 12.3. The SMILES string of the molecule is CC(C)=C(C)c1c(Cl)ccc(/C(O)=C2/C(=O)C(C)C(=O)C(C)(C)C2=O)c1C. The fourth-order valence-electron chi connectivity index (χ4n) is 3.42. The molecule has 0 radical (unpaired) electrons. The Morgan fingerprint density at radius 2 is 1.67 bits per heavy atom. The van der Waals surface area contributed by atoms with Crippen LogP contribution >= 0.6 is 11.6 Å². The van der Waals surface area contributed by atoms with Gasteiger partial charge in [0.2, 0.25) is 0 Å². The van der Waals surface area contributed by atoms with Gasteiger partial charge in [-0.15, -0.1) is 0 Å². The van der Waals surface area contributed by atoms with E-state index in [4.69, 9.17) is 11.6 Å². The zero-order valence-electron chi connectivity index (χ0n) is 16.8. The molecule has 1 aromatic rings. The number of ketones is 3. The first-order valence-corrected chi connectivity index (χ1v) is 9.22. The van der Waals surface area contributed by atoms with Crippen LogP contribution in [-0.2, 0) is 14.4 Å². The maximum absolute atomic E-state index is 12.8. The summed E-state index contributed by atoms with van der Waals surface area (Å²) < 4.78 is 0. The second kappa shape index (κ2) is 7.08. The molecular weight excluding hydrogens is 364 g/mol. The molecule has 1 atom stereocenters. The molecule has 0 bridgehead atoms. The predicted octanol–water partition coefficient (Wildman–Crippen LogP) is 5.11. The molecule has 144 valence electrons. The van der Waals surface area contributed by atoms with Gasteiger partial charge in [0.05, 0.1) is 11.3 Å². The summed E-state index contributed by atoms with van der Waals surface area (Å²) >= 11 is 6.37. The molecule has 1 N–H and O–H groups in total. The molecule has 0 aromatic heterocycles. The Morgan fingerprint density at radius 3 is 2.19 bits per heavy atom. The second-order valence-corrected chi connectivity index (χ2v) is 8.26. The Bertz CT molecular complexity index is 928. The van der Waals surface area contributed by atoms with E-state index >= 15 is 0 Å². The highest BCUT2D eigenvalue weighted by Gasteiger charge is 2.50. The number of Topliss-reactive ketones (excluding diaryl/α,β-unsaturated/α-hetero) is 3. The van der Waals surface area contributed by atoms with E-state index in [0.29, 0.717) is 16.1 Å². The van der Waals surface area contributed by atoms with Crippen LogP contribution in [0, 0.1) is 18.3 Å². The van der Waals surface area contributed by atoms with Crippen LogP contribution in [0.3, 0.4) is 0 Å². The largest absolute Gasteiger partial charge is 0.506 e.